The van der Waals surface area contributed by atoms with Crippen LogP contribution in [0.2, 0.25) is 0 Å². The second-order valence-corrected chi connectivity index (χ2v) is 6.42. The molecule has 0 aromatic heterocycles. The second kappa shape index (κ2) is 8.86. The van der Waals surface area contributed by atoms with E-state index < -0.39 is 30.1 Å². The summed E-state index contributed by atoms with van der Waals surface area (Å²) in [5, 5.41) is 11.6. The van der Waals surface area contributed by atoms with E-state index in [-0.39, 0.29) is 17.9 Å². The molecule has 0 bridgehead atoms. The lowest BCUT2D eigenvalue weighted by Crippen LogP contribution is -2.10. The molecule has 0 heterocycles. The van der Waals surface area contributed by atoms with Gasteiger partial charge in [0.1, 0.15) is 0 Å². The van der Waals surface area contributed by atoms with Gasteiger partial charge in [-0.05, 0) is 41.0 Å². The normalized spacial score (nSPS) is 11.2. The number of rotatable bonds is 7. The third-order valence-corrected chi connectivity index (χ3v) is 4.25. The highest BCUT2D eigenvalue weighted by Crippen LogP contribution is 2.37. The number of aliphatic carboxylic acids is 1. The molecule has 0 amide bonds. The summed E-state index contributed by atoms with van der Waals surface area (Å²) in [7, 11) is 0. The predicted octanol–water partition coefficient (Wildman–Crippen LogP) is 5.59. The summed E-state index contributed by atoms with van der Waals surface area (Å²) in [5.41, 5.74) is 0.908. The first kappa shape index (κ1) is 21.2. The Morgan fingerprint density at radius 1 is 1.00 bits per heavy atom. The fourth-order valence-corrected chi connectivity index (χ4v) is 2.90. The van der Waals surface area contributed by atoms with Gasteiger partial charge in [0.2, 0.25) is 0 Å². The van der Waals surface area contributed by atoms with Crippen molar-refractivity contribution < 1.29 is 32.2 Å². The van der Waals surface area contributed by atoms with E-state index in [9.17, 15) is 22.4 Å². The van der Waals surface area contributed by atoms with Crippen molar-refractivity contribution in [2.24, 2.45) is 0 Å². The molecule has 0 aliphatic rings. The molecule has 0 spiro atoms. The van der Waals surface area contributed by atoms with E-state index in [1.807, 2.05) is 0 Å². The first-order valence-corrected chi connectivity index (χ1v) is 8.87. The summed E-state index contributed by atoms with van der Waals surface area (Å²) in [6.45, 7) is -0.410. The van der Waals surface area contributed by atoms with Gasteiger partial charge in [-0.1, -0.05) is 36.4 Å². The molecule has 0 fully saturated rings. The molecule has 3 aromatic carbocycles. The number of benzene rings is 3. The molecule has 0 saturated heterocycles. The van der Waals surface area contributed by atoms with Crippen LogP contribution < -0.4 is 10.1 Å². The van der Waals surface area contributed by atoms with E-state index >= 15 is 0 Å². The van der Waals surface area contributed by atoms with Crippen LogP contribution in [0.25, 0.3) is 11.1 Å². The zero-order valence-corrected chi connectivity index (χ0v) is 15.5. The highest BCUT2D eigenvalue weighted by molar-refractivity contribution is 5.69. The number of alkyl halides is 3. The van der Waals surface area contributed by atoms with Gasteiger partial charge in [-0.25, -0.2) is 9.18 Å². The SMILES string of the molecule is O=C(O)COc1ccc(NCc2cccc(-c3ccccc3C(F)(F)F)c2)cc1F. The van der Waals surface area contributed by atoms with E-state index in [0.29, 0.717) is 16.8 Å². The first-order chi connectivity index (χ1) is 14.2. The Balaban J connectivity index is 1.74. The molecule has 156 valence electrons. The van der Waals surface area contributed by atoms with Crippen LogP contribution in [-0.2, 0) is 17.5 Å². The maximum absolute atomic E-state index is 14.0. The molecule has 0 saturated carbocycles. The zero-order chi connectivity index (χ0) is 21.7. The minimum absolute atomic E-state index is 0.0813. The minimum Gasteiger partial charge on any atom is -0.479 e. The van der Waals surface area contributed by atoms with Gasteiger partial charge in [-0.2, -0.15) is 13.2 Å². The van der Waals surface area contributed by atoms with Crippen molar-refractivity contribution in [2.45, 2.75) is 12.7 Å². The molecule has 0 aliphatic heterocycles. The topological polar surface area (TPSA) is 58.6 Å². The number of carboxylic acids is 1. The lowest BCUT2D eigenvalue weighted by Gasteiger charge is -2.14. The lowest BCUT2D eigenvalue weighted by atomic mass is 9.98. The van der Waals surface area contributed by atoms with Gasteiger partial charge in [0.25, 0.3) is 0 Å². The van der Waals surface area contributed by atoms with Crippen LogP contribution in [0.3, 0.4) is 0 Å². The summed E-state index contributed by atoms with van der Waals surface area (Å²) < 4.78 is 58.7. The van der Waals surface area contributed by atoms with Gasteiger partial charge in [-0.3, -0.25) is 0 Å². The molecule has 0 aliphatic carbocycles. The van der Waals surface area contributed by atoms with Crippen molar-refractivity contribution in [1.82, 2.24) is 0 Å². The third kappa shape index (κ3) is 5.28. The molecule has 0 unspecified atom stereocenters. The summed E-state index contributed by atoms with van der Waals surface area (Å²) in [4.78, 5) is 10.5. The third-order valence-electron chi connectivity index (χ3n) is 4.25. The Labute approximate surface area is 169 Å². The predicted molar refractivity (Wildman–Crippen MR) is 104 cm³/mol. The van der Waals surface area contributed by atoms with E-state index in [4.69, 9.17) is 9.84 Å². The summed E-state index contributed by atoms with van der Waals surface area (Å²) >= 11 is 0. The summed E-state index contributed by atoms with van der Waals surface area (Å²) in [5.74, 6) is -2.13. The number of carboxylic acid groups (broad SMARTS) is 1. The number of carbonyl (C=O) groups is 1. The minimum atomic E-state index is -4.47. The van der Waals surface area contributed by atoms with Crippen LogP contribution in [0.1, 0.15) is 11.1 Å². The summed E-state index contributed by atoms with van der Waals surface area (Å²) in [6.07, 6.45) is -4.47. The van der Waals surface area contributed by atoms with Gasteiger partial charge in [0, 0.05) is 18.3 Å². The Morgan fingerprint density at radius 3 is 2.47 bits per heavy atom. The maximum atomic E-state index is 14.0. The highest BCUT2D eigenvalue weighted by Gasteiger charge is 2.33. The highest BCUT2D eigenvalue weighted by atomic mass is 19.4. The number of ether oxygens (including phenoxy) is 1. The van der Waals surface area contributed by atoms with E-state index in [2.05, 4.69) is 5.32 Å². The van der Waals surface area contributed by atoms with Crippen LogP contribution in [-0.4, -0.2) is 17.7 Å². The van der Waals surface area contributed by atoms with Crippen LogP contribution in [0.4, 0.5) is 23.2 Å². The number of hydrogen-bond donors (Lipinski definition) is 2. The van der Waals surface area contributed by atoms with Crippen LogP contribution >= 0.6 is 0 Å². The van der Waals surface area contributed by atoms with Crippen molar-refractivity contribution in [1.29, 1.82) is 0 Å². The molecule has 8 heteroatoms. The number of hydrogen-bond acceptors (Lipinski definition) is 3. The first-order valence-electron chi connectivity index (χ1n) is 8.87. The standard InChI is InChI=1S/C22H17F4NO3/c23-19-11-16(8-9-20(19)30-13-21(28)29)27-12-14-4-3-5-15(10-14)17-6-1-2-7-18(17)22(24,25)26/h1-11,27H,12-13H2,(H,28,29). The van der Waals surface area contributed by atoms with Crippen LogP contribution in [0.5, 0.6) is 5.75 Å². The Bertz CT molecular complexity index is 1050. The molecule has 3 rings (SSSR count). The largest absolute Gasteiger partial charge is 0.479 e. The van der Waals surface area contributed by atoms with E-state index in [1.54, 1.807) is 30.3 Å². The average molecular weight is 419 g/mol. The van der Waals surface area contributed by atoms with Crippen LogP contribution in [0, 0.1) is 5.82 Å². The van der Waals surface area contributed by atoms with E-state index in [0.717, 1.165) is 12.1 Å². The molecule has 3 aromatic rings. The molecular weight excluding hydrogens is 402 g/mol. The molecule has 0 atom stereocenters. The summed E-state index contributed by atoms with van der Waals surface area (Å²) in [6, 6.07) is 16.0. The van der Waals surface area contributed by atoms with Gasteiger partial charge < -0.3 is 15.2 Å². The van der Waals surface area contributed by atoms with Crippen molar-refractivity contribution in [3.63, 3.8) is 0 Å². The fourth-order valence-electron chi connectivity index (χ4n) is 2.90. The van der Waals surface area contributed by atoms with Crippen molar-refractivity contribution in [3.05, 3.63) is 83.7 Å². The Morgan fingerprint density at radius 2 is 1.77 bits per heavy atom. The molecule has 4 nitrogen and oxygen atoms in total. The van der Waals surface area contributed by atoms with Gasteiger partial charge in [0.05, 0.1) is 5.56 Å². The number of halogens is 4. The van der Waals surface area contributed by atoms with Crippen LogP contribution in [0.15, 0.2) is 66.7 Å². The molecule has 30 heavy (non-hydrogen) atoms. The van der Waals surface area contributed by atoms with Crippen molar-refractivity contribution in [3.8, 4) is 16.9 Å². The zero-order valence-electron chi connectivity index (χ0n) is 15.5. The molecule has 2 N–H and O–H groups in total. The van der Waals surface area contributed by atoms with Gasteiger partial charge in [-0.15, -0.1) is 0 Å². The second-order valence-electron chi connectivity index (χ2n) is 6.42. The smallest absolute Gasteiger partial charge is 0.417 e. The Hall–Kier alpha value is -3.55. The van der Waals surface area contributed by atoms with Gasteiger partial charge >= 0.3 is 12.1 Å². The lowest BCUT2D eigenvalue weighted by molar-refractivity contribution is -0.139. The monoisotopic (exact) mass is 419 g/mol. The average Bonchev–Trinajstić information content (AvgIpc) is 2.71. The number of nitrogens with one attached hydrogen (secondary N) is 1. The van der Waals surface area contributed by atoms with E-state index in [1.165, 1.54) is 24.3 Å². The molecule has 0 radical (unpaired) electrons. The Kier molecular flexibility index (Phi) is 6.25. The van der Waals surface area contributed by atoms with Crippen molar-refractivity contribution in [2.75, 3.05) is 11.9 Å². The fraction of sp³-hybridized carbons (Fsp3) is 0.136. The van der Waals surface area contributed by atoms with Crippen molar-refractivity contribution >= 4 is 11.7 Å². The quantitative estimate of drug-likeness (QED) is 0.491. The van der Waals surface area contributed by atoms with Gasteiger partial charge in [0.15, 0.2) is 18.2 Å². The number of anilines is 1. The molecular formula is C22H17F4NO3. The maximum Gasteiger partial charge on any atom is 0.417 e.